The van der Waals surface area contributed by atoms with Gasteiger partial charge in [0.25, 0.3) is 5.56 Å². The first kappa shape index (κ1) is 35.0. The molecule has 0 amide bonds. The number of aromatic nitrogens is 3. The normalized spacial score (nSPS) is 25.9. The third-order valence-corrected chi connectivity index (χ3v) is 11.9. The molecule has 264 valence electrons. The van der Waals surface area contributed by atoms with Crippen LogP contribution < -0.4 is 27.5 Å². The number of hydrogen-bond donors (Lipinski definition) is 4. The van der Waals surface area contributed by atoms with Crippen LogP contribution >= 0.6 is 11.3 Å². The number of unbranched alkanes of at least 4 members (excludes halogenated alkanes) is 1. The van der Waals surface area contributed by atoms with Gasteiger partial charge in [0.2, 0.25) is 5.89 Å². The number of nitrogens with two attached hydrogens (primary N) is 2. The number of para-hydroxylation sites is 1. The molecule has 1 aromatic carbocycles. The Balaban J connectivity index is 1.47. The summed E-state index contributed by atoms with van der Waals surface area (Å²) in [5.41, 5.74) is 9.08. The number of nitrogens with zero attached hydrogens (tertiary/aromatic N) is 3. The average molecular weight is 696 g/mol. The zero-order valence-electron chi connectivity index (χ0n) is 28.5. The first-order valence-corrected chi connectivity index (χ1v) is 17.4. The molecule has 2 aliphatic carbocycles. The lowest BCUT2D eigenvalue weighted by atomic mass is 9.85. The van der Waals surface area contributed by atoms with Crippen LogP contribution in [0.25, 0.3) is 21.0 Å². The molecule has 0 radical (unpaired) electrons. The number of thiophene rings is 1. The van der Waals surface area contributed by atoms with Gasteiger partial charge < -0.3 is 35.6 Å². The van der Waals surface area contributed by atoms with E-state index in [1.54, 1.807) is 20.1 Å². The topological polar surface area (TPSA) is 198 Å². The van der Waals surface area contributed by atoms with Crippen molar-refractivity contribution in [2.24, 2.45) is 11.5 Å². The molecule has 3 aromatic heterocycles. The fourth-order valence-electron chi connectivity index (χ4n) is 7.98. The molecular weight excluding hydrogens is 650 g/mol. The van der Waals surface area contributed by atoms with Crippen LogP contribution in [-0.2, 0) is 21.6 Å². The number of rotatable bonds is 12. The molecule has 5 atom stereocenters. The van der Waals surface area contributed by atoms with E-state index in [-0.39, 0.29) is 17.8 Å². The molecule has 6 N–H and O–H groups in total. The molecule has 3 heterocycles. The number of carboxylic acid groups (broad SMARTS) is 1. The molecule has 13 nitrogen and oxygen atoms in total. The molecule has 2 aliphatic rings. The summed E-state index contributed by atoms with van der Waals surface area (Å²) in [6.07, 6.45) is 5.65. The minimum atomic E-state index is -1.88. The number of aliphatic carboxylic acids is 1. The summed E-state index contributed by atoms with van der Waals surface area (Å²) in [6, 6.07) is 7.30. The molecule has 49 heavy (non-hydrogen) atoms. The Kier molecular flexibility index (Phi) is 8.93. The molecule has 2 unspecified atom stereocenters. The van der Waals surface area contributed by atoms with Crippen molar-refractivity contribution in [1.29, 1.82) is 0 Å². The van der Waals surface area contributed by atoms with E-state index in [1.807, 2.05) is 18.2 Å². The lowest BCUT2D eigenvalue weighted by molar-refractivity contribution is -0.146. The quantitative estimate of drug-likeness (QED) is 0.167. The number of carbonyl (C=O) groups is 1. The largest absolute Gasteiger partial charge is 0.496 e. The van der Waals surface area contributed by atoms with Crippen molar-refractivity contribution in [3.63, 3.8) is 0 Å². The Morgan fingerprint density at radius 3 is 2.47 bits per heavy atom. The van der Waals surface area contributed by atoms with Gasteiger partial charge in [0, 0.05) is 16.6 Å². The predicted octanol–water partition coefficient (Wildman–Crippen LogP) is 4.05. The van der Waals surface area contributed by atoms with Crippen LogP contribution in [0, 0.1) is 6.92 Å². The number of ether oxygens (including phenoxy) is 2. The second-order valence-corrected chi connectivity index (χ2v) is 15.4. The third kappa shape index (κ3) is 5.82. The fraction of sp³-hybridized carbons (Fsp3) is 0.543. The summed E-state index contributed by atoms with van der Waals surface area (Å²) in [5.74, 6) is -0.541. The van der Waals surface area contributed by atoms with Crippen molar-refractivity contribution in [2.45, 2.75) is 114 Å². The van der Waals surface area contributed by atoms with Gasteiger partial charge >= 0.3 is 11.7 Å². The van der Waals surface area contributed by atoms with E-state index in [0.29, 0.717) is 58.7 Å². The summed E-state index contributed by atoms with van der Waals surface area (Å²) >= 11 is 1.16. The molecule has 0 saturated heterocycles. The van der Waals surface area contributed by atoms with E-state index in [9.17, 15) is 24.6 Å². The molecule has 0 bridgehead atoms. The first-order valence-electron chi connectivity index (χ1n) is 16.6. The Hall–Kier alpha value is -3.82. The van der Waals surface area contributed by atoms with Crippen LogP contribution in [-0.4, -0.2) is 60.2 Å². The van der Waals surface area contributed by atoms with Gasteiger partial charge in [-0.1, -0.05) is 38.0 Å². The van der Waals surface area contributed by atoms with E-state index >= 15 is 0 Å². The highest BCUT2D eigenvalue weighted by Gasteiger charge is 2.64. The van der Waals surface area contributed by atoms with Crippen molar-refractivity contribution in [1.82, 2.24) is 14.1 Å². The van der Waals surface area contributed by atoms with Gasteiger partial charge in [0.1, 0.15) is 28.5 Å². The van der Waals surface area contributed by atoms with Crippen LogP contribution in [0.4, 0.5) is 0 Å². The van der Waals surface area contributed by atoms with Gasteiger partial charge in [-0.2, -0.15) is 0 Å². The van der Waals surface area contributed by atoms with Gasteiger partial charge in [0.05, 0.1) is 41.8 Å². The summed E-state index contributed by atoms with van der Waals surface area (Å²) in [4.78, 5) is 46.0. The zero-order valence-corrected chi connectivity index (χ0v) is 29.3. The van der Waals surface area contributed by atoms with Crippen LogP contribution in [0.5, 0.6) is 5.75 Å². The molecule has 2 fully saturated rings. The maximum absolute atomic E-state index is 14.4. The van der Waals surface area contributed by atoms with Crippen molar-refractivity contribution < 1.29 is 28.9 Å². The maximum atomic E-state index is 14.4. The third-order valence-electron chi connectivity index (χ3n) is 10.6. The molecule has 2 saturated carbocycles. The van der Waals surface area contributed by atoms with E-state index in [0.717, 1.165) is 28.7 Å². The smallest absolute Gasteiger partial charge is 0.333 e. The van der Waals surface area contributed by atoms with Crippen LogP contribution in [0.15, 0.2) is 50.7 Å². The molecular formula is C35H45N5O8S. The summed E-state index contributed by atoms with van der Waals surface area (Å²) < 4.78 is 20.3. The van der Waals surface area contributed by atoms with Crippen LogP contribution in [0.1, 0.15) is 82.9 Å². The first-order chi connectivity index (χ1) is 23.1. The van der Waals surface area contributed by atoms with Gasteiger partial charge in [0.15, 0.2) is 0 Å². The number of oxazole rings is 1. The zero-order chi connectivity index (χ0) is 35.5. The SMILES string of the molecule is CCCCC1(O)C[C@]2(N)C[C@H](OC(Cn3c(=O)n(C(C)(C)C(=O)O)c(=O)c4c(C)c(-c5ncco5)sc43)c3ccccc3OC)C[C@]2(N)C1. The number of aryl methyl sites for hydroxylation is 1. The minimum Gasteiger partial charge on any atom is -0.496 e. The fourth-order valence-corrected chi connectivity index (χ4v) is 9.23. The maximum Gasteiger partial charge on any atom is 0.333 e. The lowest BCUT2D eigenvalue weighted by Crippen LogP contribution is -2.58. The summed E-state index contributed by atoms with van der Waals surface area (Å²) in [6.45, 7) is 6.35. The van der Waals surface area contributed by atoms with Crippen molar-refractivity contribution in [3.05, 3.63) is 68.7 Å². The summed E-state index contributed by atoms with van der Waals surface area (Å²) in [5, 5.41) is 21.7. The van der Waals surface area contributed by atoms with Gasteiger partial charge in [-0.3, -0.25) is 9.36 Å². The highest BCUT2D eigenvalue weighted by molar-refractivity contribution is 7.22. The van der Waals surface area contributed by atoms with Gasteiger partial charge in [-0.25, -0.2) is 19.1 Å². The predicted molar refractivity (Wildman–Crippen MR) is 185 cm³/mol. The monoisotopic (exact) mass is 695 g/mol. The van der Waals surface area contributed by atoms with Crippen molar-refractivity contribution in [2.75, 3.05) is 7.11 Å². The Morgan fingerprint density at radius 2 is 1.88 bits per heavy atom. The van der Waals surface area contributed by atoms with Crippen molar-refractivity contribution in [3.8, 4) is 16.5 Å². The Bertz CT molecular complexity index is 1980. The number of aliphatic hydroxyl groups is 1. The summed E-state index contributed by atoms with van der Waals surface area (Å²) in [7, 11) is 1.54. The lowest BCUT2D eigenvalue weighted by Gasteiger charge is -2.32. The highest BCUT2D eigenvalue weighted by Crippen LogP contribution is 2.54. The van der Waals surface area contributed by atoms with Crippen LogP contribution in [0.2, 0.25) is 0 Å². The average Bonchev–Trinajstić information content (AvgIpc) is 3.77. The second-order valence-electron chi connectivity index (χ2n) is 14.4. The number of methoxy groups -OCH3 is 1. The number of carboxylic acids is 1. The van der Waals surface area contributed by atoms with Crippen molar-refractivity contribution >= 4 is 27.5 Å². The molecule has 4 aromatic rings. The van der Waals surface area contributed by atoms with E-state index in [4.69, 9.17) is 25.4 Å². The number of benzene rings is 1. The highest BCUT2D eigenvalue weighted by atomic mass is 32.1. The van der Waals surface area contributed by atoms with Gasteiger partial charge in [-0.15, -0.1) is 11.3 Å². The number of fused-ring (bicyclic) bond motifs is 2. The Labute approximate surface area is 287 Å². The van der Waals surface area contributed by atoms with E-state index < -0.39 is 51.6 Å². The minimum absolute atomic E-state index is 0.0945. The number of hydrogen-bond acceptors (Lipinski definition) is 11. The molecule has 14 heteroatoms. The van der Waals surface area contributed by atoms with E-state index in [1.165, 1.54) is 30.9 Å². The Morgan fingerprint density at radius 1 is 1.20 bits per heavy atom. The second kappa shape index (κ2) is 12.5. The van der Waals surface area contributed by atoms with E-state index in [2.05, 4.69) is 11.9 Å². The molecule has 6 rings (SSSR count). The van der Waals surface area contributed by atoms with Gasteiger partial charge in [-0.05, 0) is 64.5 Å². The van der Waals surface area contributed by atoms with Crippen LogP contribution in [0.3, 0.4) is 0 Å². The standard InChI is InChI=1S/C35H45N5O8S/c1-6-7-12-33(45)18-34(36)15-21(16-35(34,37)19-33)48-24(22-10-8-9-11-23(22)46-5)17-39-29-25(20(2)26(49-29)27-38-13-14-47-27)28(41)40(31(39)44)32(3,4)30(42)43/h8-11,13-14,21,24,45H,6-7,12,15-19,36-37H2,1-5H3,(H,42,43)/t21-,24?,33?,34+,35-. The molecule has 0 aliphatic heterocycles. The molecule has 0 spiro atoms.